The Labute approximate surface area is 161 Å². The summed E-state index contributed by atoms with van der Waals surface area (Å²) in [5.41, 5.74) is 1.47. The molecule has 0 aliphatic carbocycles. The standard InChI is InChI=1S/C18H18N4O5S/c1-12-18(13(2)21(19-12)14-7-5-4-6-8-14)20-28(25,26)17-10-9-15(27-3)11-16(17)22(23)24/h4-11,20H,1-3H3. The molecule has 0 fully saturated rings. The fourth-order valence-electron chi connectivity index (χ4n) is 2.79. The first-order valence-corrected chi connectivity index (χ1v) is 9.70. The van der Waals surface area contributed by atoms with E-state index in [4.69, 9.17) is 4.74 Å². The maximum absolute atomic E-state index is 12.9. The van der Waals surface area contributed by atoms with Crippen LogP contribution in [-0.2, 0) is 10.0 Å². The monoisotopic (exact) mass is 402 g/mol. The van der Waals surface area contributed by atoms with Crippen molar-refractivity contribution in [1.29, 1.82) is 0 Å². The highest BCUT2D eigenvalue weighted by molar-refractivity contribution is 7.92. The van der Waals surface area contributed by atoms with Crippen LogP contribution in [0.15, 0.2) is 53.4 Å². The van der Waals surface area contributed by atoms with Gasteiger partial charge < -0.3 is 4.74 Å². The molecule has 146 valence electrons. The SMILES string of the molecule is COc1ccc(S(=O)(=O)Nc2c(C)nn(-c3ccccc3)c2C)c([N+](=O)[O-])c1. The van der Waals surface area contributed by atoms with E-state index in [1.165, 1.54) is 13.2 Å². The van der Waals surface area contributed by atoms with Gasteiger partial charge in [-0.15, -0.1) is 0 Å². The zero-order valence-corrected chi connectivity index (χ0v) is 16.2. The minimum atomic E-state index is -4.23. The van der Waals surface area contributed by atoms with E-state index in [2.05, 4.69) is 9.82 Å². The number of aryl methyl sites for hydroxylation is 1. The Hall–Kier alpha value is -3.40. The second kappa shape index (κ2) is 7.31. The Morgan fingerprint density at radius 3 is 2.43 bits per heavy atom. The summed E-state index contributed by atoms with van der Waals surface area (Å²) in [7, 11) is -2.88. The van der Waals surface area contributed by atoms with Gasteiger partial charge in [-0.3, -0.25) is 14.8 Å². The molecule has 0 aliphatic rings. The van der Waals surface area contributed by atoms with Gasteiger partial charge in [0.1, 0.15) is 5.75 Å². The minimum absolute atomic E-state index is 0.190. The highest BCUT2D eigenvalue weighted by atomic mass is 32.2. The minimum Gasteiger partial charge on any atom is -0.497 e. The number of nitro groups is 1. The zero-order valence-electron chi connectivity index (χ0n) is 15.4. The largest absolute Gasteiger partial charge is 0.497 e. The van der Waals surface area contributed by atoms with Crippen LogP contribution in [-0.4, -0.2) is 30.2 Å². The van der Waals surface area contributed by atoms with Gasteiger partial charge in [0.2, 0.25) is 0 Å². The molecule has 0 amide bonds. The molecule has 1 heterocycles. The molecule has 0 saturated heterocycles. The van der Waals surface area contributed by atoms with Crippen molar-refractivity contribution in [2.24, 2.45) is 0 Å². The molecule has 3 aromatic rings. The number of sulfonamides is 1. The van der Waals surface area contributed by atoms with Crippen LogP contribution in [0, 0.1) is 24.0 Å². The number of nitrogens with zero attached hydrogens (tertiary/aromatic N) is 3. The van der Waals surface area contributed by atoms with E-state index in [1.807, 2.05) is 30.3 Å². The third-order valence-corrected chi connectivity index (χ3v) is 5.58. The van der Waals surface area contributed by atoms with Gasteiger partial charge in [-0.2, -0.15) is 5.10 Å². The number of anilines is 1. The molecule has 0 bridgehead atoms. The number of methoxy groups -OCH3 is 1. The molecule has 1 N–H and O–H groups in total. The van der Waals surface area contributed by atoms with Gasteiger partial charge >= 0.3 is 0 Å². The molecule has 1 aromatic heterocycles. The second-order valence-corrected chi connectivity index (χ2v) is 7.64. The van der Waals surface area contributed by atoms with Crippen molar-refractivity contribution in [3.05, 3.63) is 70.0 Å². The van der Waals surface area contributed by atoms with E-state index < -0.39 is 25.5 Å². The van der Waals surface area contributed by atoms with Crippen LogP contribution >= 0.6 is 0 Å². The Morgan fingerprint density at radius 2 is 1.82 bits per heavy atom. The fraction of sp³-hybridized carbons (Fsp3) is 0.167. The lowest BCUT2D eigenvalue weighted by atomic mass is 10.3. The van der Waals surface area contributed by atoms with Crippen LogP contribution in [0.25, 0.3) is 5.69 Å². The molecule has 2 aromatic carbocycles. The van der Waals surface area contributed by atoms with Crippen LogP contribution in [0.3, 0.4) is 0 Å². The number of rotatable bonds is 6. The number of aromatic nitrogens is 2. The molecule has 0 saturated carbocycles. The molecule has 0 unspecified atom stereocenters. The van der Waals surface area contributed by atoms with Crippen molar-refractivity contribution in [2.75, 3.05) is 11.8 Å². The summed E-state index contributed by atoms with van der Waals surface area (Å²) in [6, 6.07) is 12.8. The van der Waals surface area contributed by atoms with Gasteiger partial charge in [0.15, 0.2) is 4.90 Å². The maximum atomic E-state index is 12.9. The van der Waals surface area contributed by atoms with Gasteiger partial charge in [0, 0.05) is 0 Å². The number of ether oxygens (including phenoxy) is 1. The van der Waals surface area contributed by atoms with Crippen molar-refractivity contribution in [1.82, 2.24) is 9.78 Å². The predicted octanol–water partition coefficient (Wildman–Crippen LogP) is 3.21. The van der Waals surface area contributed by atoms with Crippen LogP contribution in [0.1, 0.15) is 11.4 Å². The lowest BCUT2D eigenvalue weighted by molar-refractivity contribution is -0.387. The van der Waals surface area contributed by atoms with Crippen molar-refractivity contribution in [3.8, 4) is 11.4 Å². The third kappa shape index (κ3) is 3.54. The van der Waals surface area contributed by atoms with E-state index >= 15 is 0 Å². The number of para-hydroxylation sites is 1. The van der Waals surface area contributed by atoms with Crippen molar-refractivity contribution in [3.63, 3.8) is 0 Å². The molecule has 0 atom stereocenters. The van der Waals surface area contributed by atoms with Crippen molar-refractivity contribution < 1.29 is 18.1 Å². The molecular weight excluding hydrogens is 384 g/mol. The average Bonchev–Trinajstić information content (AvgIpc) is 2.96. The first kappa shape index (κ1) is 19.4. The maximum Gasteiger partial charge on any atom is 0.293 e. The predicted molar refractivity (Wildman–Crippen MR) is 103 cm³/mol. The fourth-order valence-corrected chi connectivity index (χ4v) is 4.12. The zero-order chi connectivity index (χ0) is 20.5. The van der Waals surface area contributed by atoms with Crippen molar-refractivity contribution >= 4 is 21.4 Å². The second-order valence-electron chi connectivity index (χ2n) is 5.99. The van der Waals surface area contributed by atoms with Gasteiger partial charge in [0.25, 0.3) is 15.7 Å². The summed E-state index contributed by atoms with van der Waals surface area (Å²) in [5.74, 6) is 0.190. The van der Waals surface area contributed by atoms with Crippen molar-refractivity contribution in [2.45, 2.75) is 18.7 Å². The summed E-state index contributed by atoms with van der Waals surface area (Å²) in [4.78, 5) is 10.1. The van der Waals surface area contributed by atoms with Gasteiger partial charge in [-0.1, -0.05) is 18.2 Å². The molecule has 0 aliphatic heterocycles. The molecule has 0 radical (unpaired) electrons. The molecule has 28 heavy (non-hydrogen) atoms. The first-order chi connectivity index (χ1) is 13.2. The molecule has 10 heteroatoms. The van der Waals surface area contributed by atoms with Gasteiger partial charge in [-0.25, -0.2) is 13.1 Å². The Bertz CT molecular complexity index is 1140. The number of hydrogen-bond acceptors (Lipinski definition) is 6. The highest BCUT2D eigenvalue weighted by Crippen LogP contribution is 2.31. The van der Waals surface area contributed by atoms with E-state index in [9.17, 15) is 18.5 Å². The quantitative estimate of drug-likeness (QED) is 0.500. The summed E-state index contributed by atoms with van der Waals surface area (Å²) in [5, 5.41) is 15.7. The smallest absolute Gasteiger partial charge is 0.293 e. The number of nitro benzene ring substituents is 1. The molecule has 3 rings (SSSR count). The van der Waals surface area contributed by atoms with Gasteiger partial charge in [0.05, 0.1) is 40.9 Å². The summed E-state index contributed by atoms with van der Waals surface area (Å²) in [6.45, 7) is 3.38. The molecule has 0 spiro atoms. The lowest BCUT2D eigenvalue weighted by Gasteiger charge is -2.10. The summed E-state index contributed by atoms with van der Waals surface area (Å²) < 4.78 is 34.8. The Morgan fingerprint density at radius 1 is 1.14 bits per heavy atom. The average molecular weight is 402 g/mol. The number of nitrogens with one attached hydrogen (secondary N) is 1. The summed E-state index contributed by atoms with van der Waals surface area (Å²) >= 11 is 0. The normalized spacial score (nSPS) is 11.2. The lowest BCUT2D eigenvalue weighted by Crippen LogP contribution is -2.16. The first-order valence-electron chi connectivity index (χ1n) is 8.21. The molecule has 9 nitrogen and oxygen atoms in total. The number of hydrogen-bond donors (Lipinski definition) is 1. The van der Waals surface area contributed by atoms with Gasteiger partial charge in [-0.05, 0) is 38.1 Å². The van der Waals surface area contributed by atoms with Crippen LogP contribution < -0.4 is 9.46 Å². The Kier molecular flexibility index (Phi) is 5.06. The Balaban J connectivity index is 2.05. The van der Waals surface area contributed by atoms with E-state index in [1.54, 1.807) is 18.5 Å². The van der Waals surface area contributed by atoms with Crippen LogP contribution in [0.4, 0.5) is 11.4 Å². The third-order valence-electron chi connectivity index (χ3n) is 4.18. The topological polar surface area (TPSA) is 116 Å². The van der Waals surface area contributed by atoms with Crippen LogP contribution in [0.5, 0.6) is 5.75 Å². The molecular formula is C18H18N4O5S. The van der Waals surface area contributed by atoms with E-state index in [-0.39, 0.29) is 11.4 Å². The summed E-state index contributed by atoms with van der Waals surface area (Å²) in [6.07, 6.45) is 0. The van der Waals surface area contributed by atoms with E-state index in [0.717, 1.165) is 17.8 Å². The highest BCUT2D eigenvalue weighted by Gasteiger charge is 2.28. The van der Waals surface area contributed by atoms with Crippen LogP contribution in [0.2, 0.25) is 0 Å². The number of benzene rings is 2. The van der Waals surface area contributed by atoms with E-state index in [0.29, 0.717) is 11.4 Å².